The molecule has 198 valence electrons. The molecule has 2 aliphatic carbocycles. The van der Waals surface area contributed by atoms with E-state index in [0.29, 0.717) is 24.3 Å². The molecule has 0 saturated heterocycles. The van der Waals surface area contributed by atoms with Crippen LogP contribution in [0.5, 0.6) is 5.75 Å². The highest BCUT2D eigenvalue weighted by molar-refractivity contribution is 7.90. The van der Waals surface area contributed by atoms with Gasteiger partial charge >= 0.3 is 6.03 Å². The van der Waals surface area contributed by atoms with Crippen molar-refractivity contribution < 1.29 is 22.7 Å². The van der Waals surface area contributed by atoms with Gasteiger partial charge in [0.05, 0.1) is 17.6 Å². The number of para-hydroxylation sites is 1. The Morgan fingerprint density at radius 2 is 1.55 bits per heavy atom. The number of carbonyl (C=O) groups excluding carboxylic acids is 2. The van der Waals surface area contributed by atoms with E-state index in [1.165, 1.54) is 30.4 Å². The first kappa shape index (κ1) is 25.8. The molecule has 5 rings (SSSR count). The lowest BCUT2D eigenvalue weighted by molar-refractivity contribution is 0.0951. The number of methoxy groups -OCH3 is 1. The molecule has 38 heavy (non-hydrogen) atoms. The van der Waals surface area contributed by atoms with Gasteiger partial charge in [0, 0.05) is 12.2 Å². The molecule has 0 atom stereocenters. The maximum atomic E-state index is 12.9. The molecule has 3 amide bonds. The van der Waals surface area contributed by atoms with Crippen molar-refractivity contribution in [2.24, 2.45) is 0 Å². The van der Waals surface area contributed by atoms with Crippen LogP contribution in [0, 0.1) is 0 Å². The average molecular weight is 534 g/mol. The molecular formula is C29H31N3O5S. The lowest BCUT2D eigenvalue weighted by Crippen LogP contribution is -2.35. The quantitative estimate of drug-likeness (QED) is 0.403. The summed E-state index contributed by atoms with van der Waals surface area (Å²) in [5.74, 6) is 0.253. The highest BCUT2D eigenvalue weighted by Gasteiger charge is 2.26. The minimum Gasteiger partial charge on any atom is -0.496 e. The molecule has 0 aliphatic heterocycles. The number of urea groups is 1. The van der Waals surface area contributed by atoms with Crippen LogP contribution in [0.3, 0.4) is 0 Å². The van der Waals surface area contributed by atoms with E-state index in [0.717, 1.165) is 60.9 Å². The molecule has 0 bridgehead atoms. The molecule has 0 aromatic heterocycles. The maximum Gasteiger partial charge on any atom is 0.333 e. The summed E-state index contributed by atoms with van der Waals surface area (Å²) < 4.78 is 33.2. The second-order valence-electron chi connectivity index (χ2n) is 9.64. The molecule has 0 radical (unpaired) electrons. The average Bonchev–Trinajstić information content (AvgIpc) is 3.58. The van der Waals surface area contributed by atoms with Crippen LogP contribution in [0.2, 0.25) is 0 Å². The minimum atomic E-state index is -4.05. The van der Waals surface area contributed by atoms with Gasteiger partial charge in [-0.25, -0.2) is 17.9 Å². The third kappa shape index (κ3) is 5.38. The number of ether oxygens (including phenoxy) is 1. The number of carbonyl (C=O) groups is 2. The Morgan fingerprint density at radius 1 is 0.895 bits per heavy atom. The Balaban J connectivity index is 1.19. The van der Waals surface area contributed by atoms with Crippen molar-refractivity contribution in [1.29, 1.82) is 0 Å². The molecule has 0 fully saturated rings. The summed E-state index contributed by atoms with van der Waals surface area (Å²) in [5.41, 5.74) is 6.90. The van der Waals surface area contributed by atoms with Crippen LogP contribution in [-0.4, -0.2) is 34.0 Å². The molecule has 0 heterocycles. The molecule has 3 aromatic carbocycles. The number of hydrogen-bond acceptors (Lipinski definition) is 5. The first-order chi connectivity index (χ1) is 18.4. The summed E-state index contributed by atoms with van der Waals surface area (Å²) in [6, 6.07) is 14.8. The van der Waals surface area contributed by atoms with E-state index in [4.69, 9.17) is 4.74 Å². The summed E-state index contributed by atoms with van der Waals surface area (Å²) in [6.07, 6.45) is 6.38. The molecule has 3 aromatic rings. The van der Waals surface area contributed by atoms with E-state index in [1.54, 1.807) is 36.4 Å². The number of aryl methyl sites for hydroxylation is 2. The van der Waals surface area contributed by atoms with Gasteiger partial charge in [0.25, 0.3) is 15.9 Å². The van der Waals surface area contributed by atoms with Crippen molar-refractivity contribution in [3.8, 4) is 5.75 Å². The predicted octanol–water partition coefficient (Wildman–Crippen LogP) is 4.16. The minimum absolute atomic E-state index is 0.00187. The lowest BCUT2D eigenvalue weighted by Gasteiger charge is -2.16. The van der Waals surface area contributed by atoms with E-state index < -0.39 is 16.1 Å². The van der Waals surface area contributed by atoms with E-state index in [9.17, 15) is 18.0 Å². The number of rotatable bonds is 8. The number of hydrogen-bond donors (Lipinski definition) is 3. The van der Waals surface area contributed by atoms with Crippen LogP contribution in [0.4, 0.5) is 10.5 Å². The zero-order valence-corrected chi connectivity index (χ0v) is 22.1. The van der Waals surface area contributed by atoms with Crippen LogP contribution >= 0.6 is 0 Å². The van der Waals surface area contributed by atoms with Crippen molar-refractivity contribution >= 4 is 27.6 Å². The highest BCUT2D eigenvalue weighted by atomic mass is 32.2. The van der Waals surface area contributed by atoms with Gasteiger partial charge in [0.15, 0.2) is 0 Å². The molecular weight excluding hydrogens is 502 g/mol. The van der Waals surface area contributed by atoms with Crippen molar-refractivity contribution in [3.63, 3.8) is 0 Å². The van der Waals surface area contributed by atoms with Crippen LogP contribution in [0.25, 0.3) is 0 Å². The van der Waals surface area contributed by atoms with Crippen molar-refractivity contribution in [1.82, 2.24) is 10.0 Å². The fourth-order valence-electron chi connectivity index (χ4n) is 5.37. The third-order valence-electron chi connectivity index (χ3n) is 7.22. The zero-order valence-electron chi connectivity index (χ0n) is 21.3. The SMILES string of the molecule is COc1ccccc1C(=O)NCCc1ccc(S(=O)(=O)NC(=O)Nc2c3c(cc4c2CCC4)CCC3)cc1. The van der Waals surface area contributed by atoms with Gasteiger partial charge in [-0.3, -0.25) is 4.79 Å². The third-order valence-corrected chi connectivity index (χ3v) is 8.57. The second-order valence-corrected chi connectivity index (χ2v) is 11.3. The van der Waals surface area contributed by atoms with Crippen molar-refractivity contribution in [3.05, 3.63) is 88.0 Å². The summed E-state index contributed by atoms with van der Waals surface area (Å²) in [7, 11) is -2.53. The van der Waals surface area contributed by atoms with Crippen molar-refractivity contribution in [2.75, 3.05) is 19.0 Å². The Bertz CT molecular complexity index is 1450. The first-order valence-electron chi connectivity index (χ1n) is 12.9. The molecule has 2 aliphatic rings. The predicted molar refractivity (Wildman–Crippen MR) is 145 cm³/mol. The number of sulfonamides is 1. The van der Waals surface area contributed by atoms with Crippen LogP contribution < -0.4 is 20.1 Å². The Labute approximate surface area is 222 Å². The smallest absolute Gasteiger partial charge is 0.333 e. The van der Waals surface area contributed by atoms with Gasteiger partial charge in [-0.1, -0.05) is 30.3 Å². The van der Waals surface area contributed by atoms with Gasteiger partial charge in [-0.05, 0) is 97.0 Å². The molecule has 0 unspecified atom stereocenters. The lowest BCUT2D eigenvalue weighted by atomic mass is 9.99. The summed E-state index contributed by atoms with van der Waals surface area (Å²) in [4.78, 5) is 25.2. The van der Waals surface area contributed by atoms with Gasteiger partial charge < -0.3 is 15.4 Å². The molecule has 9 heteroatoms. The van der Waals surface area contributed by atoms with Gasteiger partial charge in [-0.15, -0.1) is 0 Å². The Hall–Kier alpha value is -3.85. The van der Waals surface area contributed by atoms with Crippen LogP contribution in [-0.2, 0) is 42.1 Å². The summed E-state index contributed by atoms with van der Waals surface area (Å²) in [5, 5.41) is 5.71. The van der Waals surface area contributed by atoms with E-state index >= 15 is 0 Å². The van der Waals surface area contributed by atoms with E-state index in [2.05, 4.69) is 21.4 Å². The molecule has 0 saturated carbocycles. The number of amides is 3. The summed E-state index contributed by atoms with van der Waals surface area (Å²) in [6.45, 7) is 0.370. The number of nitrogens with one attached hydrogen (secondary N) is 3. The summed E-state index contributed by atoms with van der Waals surface area (Å²) >= 11 is 0. The monoisotopic (exact) mass is 533 g/mol. The van der Waals surface area contributed by atoms with E-state index in [-0.39, 0.29) is 10.8 Å². The van der Waals surface area contributed by atoms with Gasteiger partial charge in [0.1, 0.15) is 5.75 Å². The van der Waals surface area contributed by atoms with Crippen molar-refractivity contribution in [2.45, 2.75) is 49.8 Å². The topological polar surface area (TPSA) is 114 Å². The fraction of sp³-hybridized carbons (Fsp3) is 0.310. The molecule has 0 spiro atoms. The number of benzene rings is 3. The van der Waals surface area contributed by atoms with Crippen LogP contribution in [0.15, 0.2) is 59.5 Å². The normalized spacial score (nSPS) is 13.9. The van der Waals surface area contributed by atoms with Crippen LogP contribution in [0.1, 0.15) is 51.0 Å². The Kier molecular flexibility index (Phi) is 7.37. The molecule has 3 N–H and O–H groups in total. The number of fused-ring (bicyclic) bond motifs is 2. The fourth-order valence-corrected chi connectivity index (χ4v) is 6.28. The standard InChI is InChI=1S/C29H31N3O5S/c1-37-26-11-3-2-8-25(26)28(33)30-17-16-19-12-14-22(15-13-19)38(35,36)32-29(34)31-27-23-9-4-6-20(23)18-21-7-5-10-24(21)27/h2-3,8,11-15,18H,4-7,9-10,16-17H2,1H3,(H,30,33)(H2,31,32,34). The second kappa shape index (κ2) is 10.9. The van der Waals surface area contributed by atoms with Gasteiger partial charge in [-0.2, -0.15) is 0 Å². The Morgan fingerprint density at radius 3 is 2.21 bits per heavy atom. The molecule has 8 nitrogen and oxygen atoms in total. The maximum absolute atomic E-state index is 12.9. The highest BCUT2D eigenvalue weighted by Crippen LogP contribution is 2.38. The zero-order chi connectivity index (χ0) is 26.7. The number of anilines is 1. The van der Waals surface area contributed by atoms with E-state index in [1.807, 2.05) is 0 Å². The first-order valence-corrected chi connectivity index (χ1v) is 14.3. The largest absolute Gasteiger partial charge is 0.496 e. The van der Waals surface area contributed by atoms with Gasteiger partial charge in [0.2, 0.25) is 0 Å².